The molecule has 1 N–H and O–H groups in total. The lowest BCUT2D eigenvalue weighted by atomic mass is 9.99. The number of carboxylic acid groups (broad SMARTS) is 1. The first-order valence-electron chi connectivity index (χ1n) is 14.3. The van der Waals surface area contributed by atoms with Crippen LogP contribution in [0, 0.1) is 0 Å². The van der Waals surface area contributed by atoms with Crippen LogP contribution in [0.15, 0.2) is 54.6 Å². The number of benzene rings is 2. The van der Waals surface area contributed by atoms with Gasteiger partial charge in [-0.2, -0.15) is 13.2 Å². The maximum absolute atomic E-state index is 13.5. The Morgan fingerprint density at radius 3 is 2.33 bits per heavy atom. The predicted molar refractivity (Wildman–Crippen MR) is 155 cm³/mol. The molecule has 8 nitrogen and oxygen atoms in total. The quantitative estimate of drug-likeness (QED) is 0.480. The van der Waals surface area contributed by atoms with Gasteiger partial charge in [-0.15, -0.1) is 0 Å². The third-order valence-corrected chi connectivity index (χ3v) is 8.39. The number of halogens is 3. The minimum Gasteiger partial charge on any atom is -0.475 e. The second kappa shape index (κ2) is 12.7. The van der Waals surface area contributed by atoms with E-state index in [1.54, 1.807) is 0 Å². The molecule has 2 fully saturated rings. The summed E-state index contributed by atoms with van der Waals surface area (Å²) in [7, 11) is 2.22. The molecule has 0 saturated carbocycles. The highest BCUT2D eigenvalue weighted by atomic mass is 19.4. The number of aliphatic carboxylic acids is 1. The van der Waals surface area contributed by atoms with E-state index in [-0.39, 0.29) is 5.91 Å². The topological polar surface area (TPSA) is 80.2 Å². The zero-order valence-corrected chi connectivity index (χ0v) is 23.7. The molecule has 11 heteroatoms. The molecule has 4 heterocycles. The summed E-state index contributed by atoms with van der Waals surface area (Å²) < 4.78 is 31.7. The monoisotopic (exact) mass is 583 g/mol. The molecular formula is C31H36F3N5O3. The molecule has 42 heavy (non-hydrogen) atoms. The number of aromatic nitrogens is 1. The van der Waals surface area contributed by atoms with Gasteiger partial charge in [-0.25, -0.2) is 4.79 Å². The Kier molecular flexibility index (Phi) is 8.98. The van der Waals surface area contributed by atoms with Gasteiger partial charge in [0.05, 0.1) is 11.1 Å². The minimum absolute atomic E-state index is 0.178. The standard InChI is InChI=1S/C29H35N5O.C2HF3O2/c1-31-17-19-32(20-18-31)25-12-15-33(16-13-25)27-8-4-6-23-21-34(29(35)28(23)27)14-11-24-10-9-22-5-2-3-7-26(22)30-24;3-2(4,5)1(6)7/h2-10,25H,11-21H2,1H3;(H,6,7). The molecule has 3 aliphatic heterocycles. The number of carbonyl (C=O) groups excluding carboxylic acids is 1. The number of alkyl halides is 3. The number of para-hydroxylation sites is 1. The number of amides is 1. The Labute approximate surface area is 243 Å². The Morgan fingerprint density at radius 2 is 1.64 bits per heavy atom. The van der Waals surface area contributed by atoms with Crippen molar-refractivity contribution in [3.63, 3.8) is 0 Å². The molecule has 0 unspecified atom stereocenters. The SMILES string of the molecule is CN1CCN(C2CCN(c3cccc4c3C(=O)N(CCc3ccc5ccccc5n3)C4)CC2)CC1.O=C(O)C(F)(F)F. The highest BCUT2D eigenvalue weighted by molar-refractivity contribution is 6.03. The van der Waals surface area contributed by atoms with Crippen LogP contribution in [-0.2, 0) is 17.8 Å². The fourth-order valence-corrected chi connectivity index (χ4v) is 6.00. The summed E-state index contributed by atoms with van der Waals surface area (Å²) >= 11 is 0. The smallest absolute Gasteiger partial charge is 0.475 e. The van der Waals surface area contributed by atoms with Crippen LogP contribution < -0.4 is 4.90 Å². The van der Waals surface area contributed by atoms with Gasteiger partial charge < -0.3 is 19.8 Å². The summed E-state index contributed by atoms with van der Waals surface area (Å²) in [6.45, 7) is 8.17. The summed E-state index contributed by atoms with van der Waals surface area (Å²) in [6.07, 6.45) is -1.95. The fourth-order valence-electron chi connectivity index (χ4n) is 6.00. The molecule has 0 spiro atoms. The first-order chi connectivity index (χ1) is 20.1. The largest absolute Gasteiger partial charge is 0.490 e. The first kappa shape index (κ1) is 29.8. The molecule has 1 aromatic heterocycles. The highest BCUT2D eigenvalue weighted by Gasteiger charge is 2.38. The molecule has 6 rings (SSSR count). The van der Waals surface area contributed by atoms with Crippen LogP contribution in [0.1, 0.15) is 34.5 Å². The van der Waals surface area contributed by atoms with Gasteiger partial charge in [-0.05, 0) is 43.7 Å². The molecule has 3 aromatic rings. The van der Waals surface area contributed by atoms with Crippen LogP contribution >= 0.6 is 0 Å². The second-order valence-electron chi connectivity index (χ2n) is 11.1. The van der Waals surface area contributed by atoms with Gasteiger partial charge in [0, 0.05) is 81.6 Å². The van der Waals surface area contributed by atoms with Crippen molar-refractivity contribution in [2.45, 2.75) is 38.0 Å². The maximum atomic E-state index is 13.5. The molecule has 3 aliphatic rings. The van der Waals surface area contributed by atoms with E-state index in [4.69, 9.17) is 14.9 Å². The van der Waals surface area contributed by atoms with Crippen molar-refractivity contribution >= 4 is 28.5 Å². The van der Waals surface area contributed by atoms with E-state index in [0.717, 1.165) is 47.4 Å². The van der Waals surface area contributed by atoms with Crippen LogP contribution in [0.2, 0.25) is 0 Å². The zero-order valence-electron chi connectivity index (χ0n) is 23.7. The van der Waals surface area contributed by atoms with Crippen molar-refractivity contribution in [1.82, 2.24) is 19.7 Å². The van der Waals surface area contributed by atoms with Gasteiger partial charge in [0.2, 0.25) is 0 Å². The van der Waals surface area contributed by atoms with Crippen LogP contribution in [0.3, 0.4) is 0 Å². The van der Waals surface area contributed by atoms with Gasteiger partial charge in [0.1, 0.15) is 0 Å². The van der Waals surface area contributed by atoms with Crippen molar-refractivity contribution in [2.24, 2.45) is 0 Å². The molecule has 0 radical (unpaired) electrons. The Hall–Kier alpha value is -3.70. The summed E-state index contributed by atoms with van der Waals surface area (Å²) in [5, 5.41) is 8.28. The van der Waals surface area contributed by atoms with Gasteiger partial charge in [0.25, 0.3) is 5.91 Å². The lowest BCUT2D eigenvalue weighted by Crippen LogP contribution is -2.52. The van der Waals surface area contributed by atoms with E-state index in [2.05, 4.69) is 64.2 Å². The number of anilines is 1. The lowest BCUT2D eigenvalue weighted by molar-refractivity contribution is -0.192. The van der Waals surface area contributed by atoms with E-state index in [1.165, 1.54) is 44.6 Å². The Morgan fingerprint density at radius 1 is 0.952 bits per heavy atom. The van der Waals surface area contributed by atoms with Crippen molar-refractivity contribution in [3.05, 3.63) is 71.4 Å². The van der Waals surface area contributed by atoms with E-state index >= 15 is 0 Å². The summed E-state index contributed by atoms with van der Waals surface area (Å²) in [4.78, 5) is 36.8. The Bertz CT molecular complexity index is 1420. The number of pyridine rings is 1. The molecule has 224 valence electrons. The van der Waals surface area contributed by atoms with E-state index in [1.807, 2.05) is 17.0 Å². The minimum atomic E-state index is -5.08. The Balaban J connectivity index is 0.000000451. The van der Waals surface area contributed by atoms with Crippen molar-refractivity contribution < 1.29 is 27.9 Å². The normalized spacial score (nSPS) is 18.6. The van der Waals surface area contributed by atoms with E-state index in [0.29, 0.717) is 19.1 Å². The van der Waals surface area contributed by atoms with Crippen LogP contribution in [0.25, 0.3) is 10.9 Å². The molecular weight excluding hydrogens is 547 g/mol. The van der Waals surface area contributed by atoms with Gasteiger partial charge in [-0.1, -0.05) is 36.4 Å². The van der Waals surface area contributed by atoms with E-state index < -0.39 is 12.1 Å². The molecule has 1 amide bonds. The second-order valence-corrected chi connectivity index (χ2v) is 11.1. The third kappa shape index (κ3) is 6.84. The number of hydrogen-bond donors (Lipinski definition) is 1. The number of piperazine rings is 1. The maximum Gasteiger partial charge on any atom is 0.490 e. The highest BCUT2D eigenvalue weighted by Crippen LogP contribution is 2.34. The van der Waals surface area contributed by atoms with Crippen molar-refractivity contribution in [2.75, 3.05) is 57.8 Å². The van der Waals surface area contributed by atoms with Gasteiger partial charge in [-0.3, -0.25) is 14.7 Å². The summed E-state index contributed by atoms with van der Waals surface area (Å²) in [6, 6.07) is 19.5. The zero-order chi connectivity index (χ0) is 29.9. The molecule has 0 atom stereocenters. The fraction of sp³-hybridized carbons (Fsp3) is 0.452. The lowest BCUT2D eigenvalue weighted by Gasteiger charge is -2.42. The van der Waals surface area contributed by atoms with E-state index in [9.17, 15) is 18.0 Å². The third-order valence-electron chi connectivity index (χ3n) is 8.39. The number of rotatable bonds is 5. The number of carbonyl (C=O) groups is 2. The molecule has 2 saturated heterocycles. The average molecular weight is 584 g/mol. The molecule has 0 aliphatic carbocycles. The predicted octanol–water partition coefficient (Wildman–Crippen LogP) is 4.28. The van der Waals surface area contributed by atoms with Gasteiger partial charge >= 0.3 is 12.1 Å². The first-order valence-corrected chi connectivity index (χ1v) is 14.3. The van der Waals surface area contributed by atoms with Crippen LogP contribution in [-0.4, -0.2) is 102 Å². The van der Waals surface area contributed by atoms with Crippen molar-refractivity contribution in [1.29, 1.82) is 0 Å². The average Bonchev–Trinajstić information content (AvgIpc) is 3.31. The van der Waals surface area contributed by atoms with Crippen LogP contribution in [0.4, 0.5) is 18.9 Å². The number of hydrogen-bond acceptors (Lipinski definition) is 6. The molecule has 0 bridgehead atoms. The number of fused-ring (bicyclic) bond motifs is 2. The number of nitrogens with zero attached hydrogens (tertiary/aromatic N) is 5. The molecule has 2 aromatic carbocycles. The number of piperidine rings is 1. The number of likely N-dealkylation sites (N-methyl/N-ethyl adjacent to an activating group) is 1. The summed E-state index contributed by atoms with van der Waals surface area (Å²) in [5.41, 5.74) is 5.29. The summed E-state index contributed by atoms with van der Waals surface area (Å²) in [5.74, 6) is -2.58. The van der Waals surface area contributed by atoms with Gasteiger partial charge in [0.15, 0.2) is 0 Å². The van der Waals surface area contributed by atoms with Crippen molar-refractivity contribution in [3.8, 4) is 0 Å². The number of carboxylic acids is 1. The van der Waals surface area contributed by atoms with Crippen LogP contribution in [0.5, 0.6) is 0 Å².